The van der Waals surface area contributed by atoms with E-state index in [-0.39, 0.29) is 42.3 Å². The highest BCUT2D eigenvalue weighted by molar-refractivity contribution is 7.89. The van der Waals surface area contributed by atoms with Crippen molar-refractivity contribution in [1.29, 1.82) is 0 Å². The van der Waals surface area contributed by atoms with Crippen molar-refractivity contribution in [2.24, 2.45) is 5.73 Å². The molecular weight excluding hydrogens is 433 g/mol. The van der Waals surface area contributed by atoms with Crippen LogP contribution in [0.15, 0.2) is 41.6 Å². The maximum absolute atomic E-state index is 12.2. The number of sulfonamides is 1. The summed E-state index contributed by atoms with van der Waals surface area (Å²) in [5.41, 5.74) is 6.78. The molecule has 0 amide bonds. The molecule has 0 radical (unpaired) electrons. The first kappa shape index (κ1) is 23.9. The summed E-state index contributed by atoms with van der Waals surface area (Å²) in [4.78, 5) is 8.62. The maximum atomic E-state index is 12.2. The molecule has 7 nitrogen and oxygen atoms in total. The molecule has 0 bridgehead atoms. The van der Waals surface area contributed by atoms with Gasteiger partial charge < -0.3 is 11.1 Å². The lowest BCUT2D eigenvalue weighted by atomic mass is 9.79. The predicted octanol–water partition coefficient (Wildman–Crippen LogP) is 2.57. The van der Waals surface area contributed by atoms with Crippen LogP contribution in [-0.2, 0) is 10.0 Å². The van der Waals surface area contributed by atoms with E-state index in [0.717, 1.165) is 18.5 Å². The van der Waals surface area contributed by atoms with Crippen molar-refractivity contribution in [2.75, 3.05) is 18.4 Å². The van der Waals surface area contributed by atoms with Gasteiger partial charge in [-0.15, -0.1) is 24.8 Å². The molecule has 11 heteroatoms. The smallest absolute Gasteiger partial charge is 0.240 e. The highest BCUT2D eigenvalue weighted by Crippen LogP contribution is 2.34. The van der Waals surface area contributed by atoms with Crippen LogP contribution in [-0.4, -0.2) is 37.5 Å². The van der Waals surface area contributed by atoms with Crippen molar-refractivity contribution in [3.05, 3.63) is 47.4 Å². The van der Waals surface area contributed by atoms with Gasteiger partial charge in [0.1, 0.15) is 12.1 Å². The number of nitrogens with zero attached hydrogens (tertiary/aromatic N) is 2. The van der Waals surface area contributed by atoms with E-state index in [1.807, 2.05) is 6.07 Å². The van der Waals surface area contributed by atoms with Crippen molar-refractivity contribution in [1.82, 2.24) is 14.7 Å². The summed E-state index contributed by atoms with van der Waals surface area (Å²) >= 11 is 5.77. The number of nitrogens with one attached hydrogen (secondary N) is 2. The molecule has 4 N–H and O–H groups in total. The fourth-order valence-electron chi connectivity index (χ4n) is 2.67. The molecule has 0 atom stereocenters. The lowest BCUT2D eigenvalue weighted by Gasteiger charge is -2.31. The van der Waals surface area contributed by atoms with Crippen molar-refractivity contribution in [3.63, 3.8) is 0 Å². The molecule has 1 aromatic heterocycles. The number of aromatic nitrogens is 2. The quantitative estimate of drug-likeness (QED) is 0.555. The highest BCUT2D eigenvalue weighted by atomic mass is 35.5. The van der Waals surface area contributed by atoms with Gasteiger partial charge in [-0.3, -0.25) is 0 Å². The summed E-state index contributed by atoms with van der Waals surface area (Å²) in [5, 5.41) is 3.60. The first-order chi connectivity index (χ1) is 11.9. The van der Waals surface area contributed by atoms with E-state index in [4.69, 9.17) is 17.3 Å². The second-order valence-electron chi connectivity index (χ2n) is 6.03. The number of halogens is 3. The Morgan fingerprint density at radius 1 is 1.11 bits per heavy atom. The molecule has 3 rings (SSSR count). The Bertz CT molecular complexity index is 830. The number of anilines is 1. The van der Waals surface area contributed by atoms with Crippen LogP contribution < -0.4 is 15.8 Å². The first-order valence-corrected chi connectivity index (χ1v) is 9.87. The maximum Gasteiger partial charge on any atom is 0.240 e. The van der Waals surface area contributed by atoms with Crippen LogP contribution in [0.2, 0.25) is 5.02 Å². The van der Waals surface area contributed by atoms with Crippen molar-refractivity contribution in [3.8, 4) is 0 Å². The van der Waals surface area contributed by atoms with Gasteiger partial charge in [-0.2, -0.15) is 0 Å². The van der Waals surface area contributed by atoms with Crippen LogP contribution in [0.25, 0.3) is 0 Å². The molecule has 1 saturated carbocycles. The summed E-state index contributed by atoms with van der Waals surface area (Å²) in [5.74, 6) is 1.07. The molecule has 1 aromatic carbocycles. The van der Waals surface area contributed by atoms with Gasteiger partial charge >= 0.3 is 0 Å². The third kappa shape index (κ3) is 6.44. The lowest BCUT2D eigenvalue weighted by molar-refractivity contribution is 0.345. The molecule has 2 aromatic rings. The Labute approximate surface area is 176 Å². The normalized spacial score (nSPS) is 18.6. The number of hydrogen-bond acceptors (Lipinski definition) is 6. The molecule has 27 heavy (non-hydrogen) atoms. The van der Waals surface area contributed by atoms with E-state index in [1.54, 1.807) is 12.1 Å². The Balaban J connectivity index is 0.00000182. The molecule has 0 saturated heterocycles. The third-order valence-electron chi connectivity index (χ3n) is 4.13. The minimum atomic E-state index is -3.55. The van der Waals surface area contributed by atoms with Gasteiger partial charge in [0.25, 0.3) is 0 Å². The average molecular weight is 455 g/mol. The monoisotopic (exact) mass is 453 g/mol. The minimum Gasteiger partial charge on any atom is -0.369 e. The van der Waals surface area contributed by atoms with Crippen LogP contribution in [0.1, 0.15) is 24.5 Å². The molecule has 1 fully saturated rings. The number of rotatable bonds is 7. The predicted molar refractivity (Wildman–Crippen MR) is 112 cm³/mol. The molecule has 1 aliphatic carbocycles. The van der Waals surface area contributed by atoms with Crippen molar-refractivity contribution < 1.29 is 8.42 Å². The van der Waals surface area contributed by atoms with Gasteiger partial charge in [0.05, 0.1) is 4.90 Å². The van der Waals surface area contributed by atoms with Gasteiger partial charge in [0, 0.05) is 41.8 Å². The van der Waals surface area contributed by atoms with E-state index < -0.39 is 10.0 Å². The second kappa shape index (κ2) is 10.4. The van der Waals surface area contributed by atoms with Gasteiger partial charge in [-0.25, -0.2) is 23.1 Å². The second-order valence-corrected chi connectivity index (χ2v) is 8.24. The summed E-state index contributed by atoms with van der Waals surface area (Å²) in [7, 11) is -3.55. The average Bonchev–Trinajstić information content (AvgIpc) is 2.57. The summed E-state index contributed by atoms with van der Waals surface area (Å²) in [6, 6.07) is 8.19. The van der Waals surface area contributed by atoms with E-state index >= 15 is 0 Å². The Kier molecular flexibility index (Phi) is 9.20. The fourth-order valence-corrected chi connectivity index (χ4v) is 3.83. The summed E-state index contributed by atoms with van der Waals surface area (Å²) in [6.45, 7) is 0.645. The van der Waals surface area contributed by atoms with Crippen molar-refractivity contribution in [2.45, 2.75) is 29.7 Å². The molecule has 0 aliphatic heterocycles. The van der Waals surface area contributed by atoms with Crippen LogP contribution in [0.4, 0.5) is 5.82 Å². The molecule has 0 unspecified atom stereocenters. The zero-order valence-corrected chi connectivity index (χ0v) is 17.5. The molecule has 150 valence electrons. The highest BCUT2D eigenvalue weighted by Gasteiger charge is 2.28. The standard InChI is InChI=1S/C16H20ClN5O2S.2ClH/c17-12-1-3-14(4-2-12)25(23,24)22-6-5-19-16-9-15(20-10-21-16)11-7-13(18)8-11;;/h1-4,9-11,13,22H,5-8,18H2,(H,19,20,21);2*1H. The SMILES string of the molecule is Cl.Cl.NC1CC(c2cc(NCCNS(=O)(=O)c3ccc(Cl)cc3)ncn2)C1. The molecule has 1 heterocycles. The Morgan fingerprint density at radius 2 is 1.78 bits per heavy atom. The van der Waals surface area contributed by atoms with Crippen LogP contribution in [0, 0.1) is 0 Å². The van der Waals surface area contributed by atoms with E-state index in [0.29, 0.717) is 23.3 Å². The number of nitrogens with two attached hydrogens (primary N) is 1. The fraction of sp³-hybridized carbons (Fsp3) is 0.375. The topological polar surface area (TPSA) is 110 Å². The van der Waals surface area contributed by atoms with E-state index in [9.17, 15) is 8.42 Å². The molecule has 1 aliphatic rings. The molecular formula is C16H22Cl3N5O2S. The van der Waals surface area contributed by atoms with Crippen molar-refractivity contribution >= 4 is 52.3 Å². The van der Waals surface area contributed by atoms with E-state index in [1.165, 1.54) is 18.5 Å². The summed E-state index contributed by atoms with van der Waals surface area (Å²) in [6.07, 6.45) is 3.40. The summed E-state index contributed by atoms with van der Waals surface area (Å²) < 4.78 is 26.8. The Hall–Kier alpha value is -1.16. The zero-order chi connectivity index (χ0) is 17.9. The first-order valence-electron chi connectivity index (χ1n) is 8.01. The Morgan fingerprint density at radius 3 is 2.41 bits per heavy atom. The van der Waals surface area contributed by atoms with Gasteiger partial charge in [0.2, 0.25) is 10.0 Å². The van der Waals surface area contributed by atoms with E-state index in [2.05, 4.69) is 20.0 Å². The third-order valence-corrected chi connectivity index (χ3v) is 5.86. The minimum absolute atomic E-state index is 0. The van der Waals surface area contributed by atoms with Crippen LogP contribution in [0.5, 0.6) is 0 Å². The van der Waals surface area contributed by atoms with Gasteiger partial charge in [0.15, 0.2) is 0 Å². The number of hydrogen-bond donors (Lipinski definition) is 3. The largest absolute Gasteiger partial charge is 0.369 e. The van der Waals surface area contributed by atoms with Gasteiger partial charge in [-0.05, 0) is 37.1 Å². The lowest BCUT2D eigenvalue weighted by Crippen LogP contribution is -2.35. The number of benzene rings is 1. The van der Waals surface area contributed by atoms with Crippen LogP contribution >= 0.6 is 36.4 Å². The zero-order valence-electron chi connectivity index (χ0n) is 14.3. The van der Waals surface area contributed by atoms with Gasteiger partial charge in [-0.1, -0.05) is 11.6 Å². The molecule has 0 spiro atoms. The van der Waals surface area contributed by atoms with Crippen LogP contribution in [0.3, 0.4) is 0 Å².